The zero-order valence-corrected chi connectivity index (χ0v) is 16.5. The average Bonchev–Trinajstić information content (AvgIpc) is 2.66. The molecule has 0 unspecified atom stereocenters. The van der Waals surface area contributed by atoms with Gasteiger partial charge in [0.05, 0.1) is 0 Å². The van der Waals surface area contributed by atoms with Crippen LogP contribution in [0.3, 0.4) is 0 Å². The van der Waals surface area contributed by atoms with E-state index in [4.69, 9.17) is 16.3 Å². The Labute approximate surface area is 169 Å². The molecular formula is C21H20ClN3O3. The van der Waals surface area contributed by atoms with Crippen molar-refractivity contribution in [3.8, 4) is 6.07 Å². The molecule has 0 heterocycles. The van der Waals surface area contributed by atoms with Gasteiger partial charge in [-0.15, -0.1) is 0 Å². The Balaban J connectivity index is 2.04. The summed E-state index contributed by atoms with van der Waals surface area (Å²) in [5.41, 5.74) is 1.96. The summed E-state index contributed by atoms with van der Waals surface area (Å²) >= 11 is 5.87. The second-order valence-corrected chi connectivity index (χ2v) is 6.64. The fourth-order valence-electron chi connectivity index (χ4n) is 2.26. The van der Waals surface area contributed by atoms with Gasteiger partial charge in [-0.05, 0) is 48.9 Å². The first-order chi connectivity index (χ1) is 13.3. The van der Waals surface area contributed by atoms with Gasteiger partial charge in [-0.2, -0.15) is 5.26 Å². The number of carbonyl (C=O) groups excluding carboxylic acids is 2. The fraction of sp³-hybridized carbons (Fsp3) is 0.190. The van der Waals surface area contributed by atoms with Crippen molar-refractivity contribution < 1.29 is 14.3 Å². The summed E-state index contributed by atoms with van der Waals surface area (Å²) in [6.45, 7) is 1.43. The van der Waals surface area contributed by atoms with Gasteiger partial charge in [0.2, 0.25) is 0 Å². The predicted octanol–water partition coefficient (Wildman–Crippen LogP) is 3.88. The van der Waals surface area contributed by atoms with E-state index >= 15 is 0 Å². The number of amides is 1. The summed E-state index contributed by atoms with van der Waals surface area (Å²) in [5, 5.41) is 12.3. The van der Waals surface area contributed by atoms with Gasteiger partial charge in [-0.1, -0.05) is 29.8 Å². The second kappa shape index (κ2) is 9.58. The first-order valence-corrected chi connectivity index (χ1v) is 8.84. The first kappa shape index (κ1) is 21.0. The van der Waals surface area contributed by atoms with Crippen LogP contribution in [0.15, 0.2) is 54.1 Å². The van der Waals surface area contributed by atoms with Gasteiger partial charge >= 0.3 is 5.97 Å². The van der Waals surface area contributed by atoms with Crippen LogP contribution >= 0.6 is 11.6 Å². The van der Waals surface area contributed by atoms with Crippen LogP contribution in [-0.4, -0.2) is 32.1 Å². The Morgan fingerprint density at radius 1 is 1.21 bits per heavy atom. The maximum Gasteiger partial charge on any atom is 0.349 e. The molecule has 1 N–H and O–H groups in total. The van der Waals surface area contributed by atoms with Crippen molar-refractivity contribution in [2.45, 2.75) is 13.0 Å². The van der Waals surface area contributed by atoms with Crippen LogP contribution in [0.2, 0.25) is 5.02 Å². The van der Waals surface area contributed by atoms with E-state index in [9.17, 15) is 14.9 Å². The predicted molar refractivity (Wildman–Crippen MR) is 110 cm³/mol. The monoisotopic (exact) mass is 397 g/mol. The van der Waals surface area contributed by atoms with Crippen molar-refractivity contribution in [1.29, 1.82) is 5.26 Å². The van der Waals surface area contributed by atoms with Crippen LogP contribution in [0.5, 0.6) is 0 Å². The largest absolute Gasteiger partial charge is 0.448 e. The Morgan fingerprint density at radius 3 is 2.46 bits per heavy atom. The Hall–Kier alpha value is -3.30. The molecule has 28 heavy (non-hydrogen) atoms. The van der Waals surface area contributed by atoms with E-state index < -0.39 is 18.0 Å². The lowest BCUT2D eigenvalue weighted by Gasteiger charge is -2.13. The highest BCUT2D eigenvalue weighted by molar-refractivity contribution is 6.30. The molecule has 0 saturated heterocycles. The normalized spacial score (nSPS) is 11.9. The van der Waals surface area contributed by atoms with Crippen LogP contribution in [0.4, 0.5) is 11.4 Å². The number of anilines is 2. The number of nitrogens with one attached hydrogen (secondary N) is 1. The molecule has 1 atom stereocenters. The van der Waals surface area contributed by atoms with Crippen molar-refractivity contribution in [3.63, 3.8) is 0 Å². The van der Waals surface area contributed by atoms with Gasteiger partial charge in [0.25, 0.3) is 5.91 Å². The minimum absolute atomic E-state index is 0.194. The number of halogens is 1. The molecular weight excluding hydrogens is 378 g/mol. The van der Waals surface area contributed by atoms with Crippen molar-refractivity contribution >= 4 is 40.9 Å². The van der Waals surface area contributed by atoms with Crippen molar-refractivity contribution in [2.75, 3.05) is 24.3 Å². The number of rotatable bonds is 6. The lowest BCUT2D eigenvalue weighted by molar-refractivity contribution is -0.148. The van der Waals surface area contributed by atoms with Crippen LogP contribution in [0.25, 0.3) is 6.08 Å². The van der Waals surface area contributed by atoms with Gasteiger partial charge in [0, 0.05) is 30.5 Å². The molecule has 144 valence electrons. The molecule has 0 radical (unpaired) electrons. The van der Waals surface area contributed by atoms with Crippen LogP contribution in [0.1, 0.15) is 12.5 Å². The minimum Gasteiger partial charge on any atom is -0.448 e. The third-order valence-corrected chi connectivity index (χ3v) is 4.04. The van der Waals surface area contributed by atoms with E-state index in [1.54, 1.807) is 36.4 Å². The number of ether oxygens (including phenoxy) is 1. The Bertz CT molecular complexity index is 931. The molecule has 0 aliphatic carbocycles. The SMILES string of the molecule is C[C@H](OC(=O)/C(C#N)=C/c1ccc(N(C)C)cc1)C(=O)Nc1cccc(Cl)c1. The molecule has 2 rings (SSSR count). The second-order valence-electron chi connectivity index (χ2n) is 6.20. The van der Waals surface area contributed by atoms with Gasteiger partial charge in [0.15, 0.2) is 6.10 Å². The minimum atomic E-state index is -1.08. The van der Waals surface area contributed by atoms with Crippen LogP contribution < -0.4 is 10.2 Å². The molecule has 0 aliphatic rings. The third kappa shape index (κ3) is 5.86. The number of esters is 1. The van der Waals surface area contributed by atoms with Gasteiger partial charge in [-0.25, -0.2) is 4.79 Å². The maximum atomic E-state index is 12.3. The summed E-state index contributed by atoms with van der Waals surface area (Å²) in [5.74, 6) is -1.39. The van der Waals surface area contributed by atoms with E-state index in [0.717, 1.165) is 5.69 Å². The van der Waals surface area contributed by atoms with Crippen LogP contribution in [-0.2, 0) is 14.3 Å². The highest BCUT2D eigenvalue weighted by atomic mass is 35.5. The summed E-state index contributed by atoms with van der Waals surface area (Å²) in [6.07, 6.45) is 0.336. The lowest BCUT2D eigenvalue weighted by atomic mass is 10.1. The fourth-order valence-corrected chi connectivity index (χ4v) is 2.45. The Morgan fingerprint density at radius 2 is 1.89 bits per heavy atom. The van der Waals surface area contributed by atoms with Gasteiger partial charge in [-0.3, -0.25) is 4.79 Å². The standard InChI is InChI=1S/C21H20ClN3O3/c1-14(20(26)24-18-6-4-5-17(22)12-18)28-21(27)16(13-23)11-15-7-9-19(10-8-15)25(2)3/h4-12,14H,1-3H3,(H,24,26)/b16-11+/t14-/m0/s1. The maximum absolute atomic E-state index is 12.3. The topological polar surface area (TPSA) is 82.4 Å². The number of carbonyl (C=O) groups is 2. The zero-order valence-electron chi connectivity index (χ0n) is 15.8. The third-order valence-electron chi connectivity index (χ3n) is 3.81. The number of hydrogen-bond acceptors (Lipinski definition) is 5. The molecule has 1 amide bonds. The highest BCUT2D eigenvalue weighted by Crippen LogP contribution is 2.17. The number of nitrogens with zero attached hydrogens (tertiary/aromatic N) is 2. The average molecular weight is 398 g/mol. The lowest BCUT2D eigenvalue weighted by Crippen LogP contribution is -2.30. The summed E-state index contributed by atoms with van der Waals surface area (Å²) in [4.78, 5) is 26.4. The summed E-state index contributed by atoms with van der Waals surface area (Å²) in [7, 11) is 3.83. The zero-order chi connectivity index (χ0) is 20.7. The molecule has 0 aliphatic heterocycles. The molecule has 0 fully saturated rings. The van der Waals surface area contributed by atoms with Gasteiger partial charge < -0.3 is 15.0 Å². The highest BCUT2D eigenvalue weighted by Gasteiger charge is 2.20. The molecule has 0 bridgehead atoms. The van der Waals surface area contributed by atoms with E-state index in [2.05, 4.69) is 5.32 Å². The molecule has 7 heteroatoms. The molecule has 0 saturated carbocycles. The van der Waals surface area contributed by atoms with E-state index in [0.29, 0.717) is 16.3 Å². The summed E-state index contributed by atoms with van der Waals surface area (Å²) in [6, 6.07) is 15.7. The van der Waals surface area contributed by atoms with E-state index in [1.807, 2.05) is 37.2 Å². The number of hydrogen-bond donors (Lipinski definition) is 1. The first-order valence-electron chi connectivity index (χ1n) is 8.46. The van der Waals surface area contributed by atoms with Gasteiger partial charge in [0.1, 0.15) is 11.6 Å². The summed E-state index contributed by atoms with van der Waals surface area (Å²) < 4.78 is 5.12. The Kier molecular flexibility index (Phi) is 7.19. The van der Waals surface area contributed by atoms with E-state index in [-0.39, 0.29) is 5.57 Å². The van der Waals surface area contributed by atoms with Crippen LogP contribution in [0, 0.1) is 11.3 Å². The van der Waals surface area contributed by atoms with Crippen molar-refractivity contribution in [1.82, 2.24) is 0 Å². The van der Waals surface area contributed by atoms with Crippen molar-refractivity contribution in [2.24, 2.45) is 0 Å². The van der Waals surface area contributed by atoms with E-state index in [1.165, 1.54) is 13.0 Å². The molecule has 2 aromatic carbocycles. The number of nitriles is 1. The molecule has 6 nitrogen and oxygen atoms in total. The number of benzene rings is 2. The molecule has 2 aromatic rings. The quantitative estimate of drug-likeness (QED) is 0.454. The van der Waals surface area contributed by atoms with Crippen molar-refractivity contribution in [3.05, 3.63) is 64.7 Å². The molecule has 0 aromatic heterocycles. The smallest absolute Gasteiger partial charge is 0.349 e. The molecule has 0 spiro atoms.